The zero-order chi connectivity index (χ0) is 18.2. The molecular formula is C20H25FN2O2. The van der Waals surface area contributed by atoms with Gasteiger partial charge in [-0.05, 0) is 50.8 Å². The minimum Gasteiger partial charge on any atom is -0.493 e. The number of amides is 1. The van der Waals surface area contributed by atoms with E-state index in [2.05, 4.69) is 41.4 Å². The Kier molecular flexibility index (Phi) is 6.95. The fraction of sp³-hybridized carbons (Fsp3) is 0.350. The number of ether oxygens (including phenoxy) is 1. The van der Waals surface area contributed by atoms with E-state index in [0.717, 1.165) is 0 Å². The van der Waals surface area contributed by atoms with Crippen molar-refractivity contribution in [1.82, 2.24) is 10.2 Å². The van der Waals surface area contributed by atoms with Crippen molar-refractivity contribution in [2.75, 3.05) is 27.2 Å². The Morgan fingerprint density at radius 2 is 1.76 bits per heavy atom. The Morgan fingerprint density at radius 3 is 2.36 bits per heavy atom. The molecule has 25 heavy (non-hydrogen) atoms. The second-order valence-corrected chi connectivity index (χ2v) is 6.25. The van der Waals surface area contributed by atoms with Crippen molar-refractivity contribution in [2.24, 2.45) is 0 Å². The van der Waals surface area contributed by atoms with Crippen molar-refractivity contribution in [2.45, 2.75) is 19.4 Å². The average Bonchev–Trinajstić information content (AvgIpc) is 2.58. The first-order valence-electron chi connectivity index (χ1n) is 8.34. The SMILES string of the molecule is Cc1ccc(C(CNC(=O)CCOc2ccc(F)cc2)N(C)C)cc1. The molecule has 5 heteroatoms. The van der Waals surface area contributed by atoms with Crippen LogP contribution >= 0.6 is 0 Å². The molecule has 0 saturated heterocycles. The number of carbonyl (C=O) groups is 1. The Labute approximate surface area is 148 Å². The van der Waals surface area contributed by atoms with Crippen molar-refractivity contribution in [1.29, 1.82) is 0 Å². The van der Waals surface area contributed by atoms with E-state index in [1.165, 1.54) is 23.3 Å². The van der Waals surface area contributed by atoms with Gasteiger partial charge in [-0.1, -0.05) is 29.8 Å². The van der Waals surface area contributed by atoms with Crippen LogP contribution in [0.2, 0.25) is 0 Å². The van der Waals surface area contributed by atoms with Crippen LogP contribution in [0.3, 0.4) is 0 Å². The predicted molar refractivity (Wildman–Crippen MR) is 97.1 cm³/mol. The van der Waals surface area contributed by atoms with Crippen LogP contribution in [0.1, 0.15) is 23.6 Å². The lowest BCUT2D eigenvalue weighted by atomic mass is 10.0. The number of hydrogen-bond acceptors (Lipinski definition) is 3. The van der Waals surface area contributed by atoms with E-state index in [9.17, 15) is 9.18 Å². The standard InChI is InChI=1S/C20H25FN2O2/c1-15-4-6-16(7-5-15)19(23(2)3)14-22-20(24)12-13-25-18-10-8-17(21)9-11-18/h4-11,19H,12-14H2,1-3H3,(H,22,24). The number of benzene rings is 2. The zero-order valence-electron chi connectivity index (χ0n) is 15.0. The normalized spacial score (nSPS) is 12.0. The van der Waals surface area contributed by atoms with Gasteiger partial charge in [-0.25, -0.2) is 4.39 Å². The molecule has 1 N–H and O–H groups in total. The summed E-state index contributed by atoms with van der Waals surface area (Å²) in [4.78, 5) is 14.1. The van der Waals surface area contributed by atoms with E-state index < -0.39 is 0 Å². The molecule has 4 nitrogen and oxygen atoms in total. The molecule has 2 aromatic rings. The quantitative estimate of drug-likeness (QED) is 0.799. The second-order valence-electron chi connectivity index (χ2n) is 6.25. The van der Waals surface area contributed by atoms with E-state index in [4.69, 9.17) is 4.74 Å². The summed E-state index contributed by atoms with van der Waals surface area (Å²) in [7, 11) is 3.99. The van der Waals surface area contributed by atoms with Gasteiger partial charge in [0.05, 0.1) is 19.1 Å². The van der Waals surface area contributed by atoms with Crippen molar-refractivity contribution >= 4 is 5.91 Å². The van der Waals surface area contributed by atoms with Gasteiger partial charge in [-0.3, -0.25) is 4.79 Å². The molecule has 2 aromatic carbocycles. The number of carbonyl (C=O) groups excluding carboxylic acids is 1. The molecule has 2 rings (SSSR count). The first kappa shape index (κ1) is 18.9. The van der Waals surface area contributed by atoms with Crippen LogP contribution in [-0.4, -0.2) is 38.1 Å². The maximum Gasteiger partial charge on any atom is 0.223 e. The van der Waals surface area contributed by atoms with Gasteiger partial charge in [-0.15, -0.1) is 0 Å². The van der Waals surface area contributed by atoms with Crippen LogP contribution < -0.4 is 10.1 Å². The van der Waals surface area contributed by atoms with Crippen LogP contribution in [0.25, 0.3) is 0 Å². The summed E-state index contributed by atoms with van der Waals surface area (Å²) in [5.41, 5.74) is 2.38. The molecule has 0 spiro atoms. The van der Waals surface area contributed by atoms with E-state index in [-0.39, 0.29) is 30.8 Å². The van der Waals surface area contributed by atoms with Gasteiger partial charge in [0.15, 0.2) is 0 Å². The largest absolute Gasteiger partial charge is 0.493 e. The molecule has 0 aliphatic heterocycles. The van der Waals surface area contributed by atoms with Gasteiger partial charge in [0.1, 0.15) is 11.6 Å². The Morgan fingerprint density at radius 1 is 1.12 bits per heavy atom. The molecule has 1 unspecified atom stereocenters. The zero-order valence-corrected chi connectivity index (χ0v) is 15.0. The maximum atomic E-state index is 12.8. The Hall–Kier alpha value is -2.40. The third-order valence-electron chi connectivity index (χ3n) is 3.99. The lowest BCUT2D eigenvalue weighted by Crippen LogP contribution is -2.35. The van der Waals surface area contributed by atoms with Crippen molar-refractivity contribution in [3.8, 4) is 5.75 Å². The number of rotatable bonds is 8. The van der Waals surface area contributed by atoms with Crippen LogP contribution in [0.5, 0.6) is 5.75 Å². The van der Waals surface area contributed by atoms with E-state index >= 15 is 0 Å². The molecule has 1 atom stereocenters. The van der Waals surface area contributed by atoms with E-state index in [1.807, 2.05) is 14.1 Å². The lowest BCUT2D eigenvalue weighted by molar-refractivity contribution is -0.121. The van der Waals surface area contributed by atoms with Gasteiger partial charge >= 0.3 is 0 Å². The molecule has 134 valence electrons. The first-order valence-corrected chi connectivity index (χ1v) is 8.34. The van der Waals surface area contributed by atoms with Crippen LogP contribution in [0.15, 0.2) is 48.5 Å². The van der Waals surface area contributed by atoms with Gasteiger partial charge in [0, 0.05) is 6.54 Å². The fourth-order valence-electron chi connectivity index (χ4n) is 2.48. The molecule has 0 bridgehead atoms. The molecule has 0 saturated carbocycles. The summed E-state index contributed by atoms with van der Waals surface area (Å²) in [5.74, 6) is 0.178. The molecule has 0 aliphatic carbocycles. The topological polar surface area (TPSA) is 41.6 Å². The highest BCUT2D eigenvalue weighted by molar-refractivity contribution is 5.76. The van der Waals surface area contributed by atoms with Gasteiger partial charge in [-0.2, -0.15) is 0 Å². The number of nitrogens with one attached hydrogen (secondary N) is 1. The van der Waals surface area contributed by atoms with Crippen molar-refractivity contribution in [3.05, 3.63) is 65.5 Å². The average molecular weight is 344 g/mol. The summed E-state index contributed by atoms with van der Waals surface area (Å²) in [5, 5.41) is 2.95. The monoisotopic (exact) mass is 344 g/mol. The number of nitrogens with zero attached hydrogens (tertiary/aromatic N) is 1. The number of hydrogen-bond donors (Lipinski definition) is 1. The maximum absolute atomic E-state index is 12.8. The number of halogens is 1. The van der Waals surface area contributed by atoms with Crippen LogP contribution in [0, 0.1) is 12.7 Å². The highest BCUT2D eigenvalue weighted by Gasteiger charge is 2.15. The lowest BCUT2D eigenvalue weighted by Gasteiger charge is -2.25. The number of aryl methyl sites for hydroxylation is 1. The third kappa shape index (κ3) is 6.19. The molecule has 0 aromatic heterocycles. The van der Waals surface area contributed by atoms with Crippen molar-refractivity contribution in [3.63, 3.8) is 0 Å². The Bertz CT molecular complexity index is 669. The molecule has 1 amide bonds. The minimum atomic E-state index is -0.309. The highest BCUT2D eigenvalue weighted by atomic mass is 19.1. The predicted octanol–water partition coefficient (Wildman–Crippen LogP) is 3.32. The van der Waals surface area contributed by atoms with Crippen LogP contribution in [-0.2, 0) is 4.79 Å². The highest BCUT2D eigenvalue weighted by Crippen LogP contribution is 2.18. The summed E-state index contributed by atoms with van der Waals surface area (Å²) >= 11 is 0. The molecule has 0 aliphatic rings. The smallest absolute Gasteiger partial charge is 0.223 e. The number of likely N-dealkylation sites (N-methyl/N-ethyl adjacent to an activating group) is 1. The van der Waals surface area contributed by atoms with E-state index in [0.29, 0.717) is 12.3 Å². The third-order valence-corrected chi connectivity index (χ3v) is 3.99. The Balaban J connectivity index is 1.78. The van der Waals surface area contributed by atoms with Gasteiger partial charge in [0.2, 0.25) is 5.91 Å². The summed E-state index contributed by atoms with van der Waals surface area (Å²) in [6.07, 6.45) is 0.255. The fourth-order valence-corrected chi connectivity index (χ4v) is 2.48. The molecule has 0 heterocycles. The van der Waals surface area contributed by atoms with Gasteiger partial charge in [0.25, 0.3) is 0 Å². The van der Waals surface area contributed by atoms with E-state index in [1.54, 1.807) is 12.1 Å². The first-order chi connectivity index (χ1) is 12.0. The van der Waals surface area contributed by atoms with Crippen LogP contribution in [0.4, 0.5) is 4.39 Å². The summed E-state index contributed by atoms with van der Waals surface area (Å²) in [6.45, 7) is 2.84. The second kappa shape index (κ2) is 9.18. The minimum absolute atomic E-state index is 0.0685. The molecular weight excluding hydrogens is 319 g/mol. The molecule has 0 radical (unpaired) electrons. The van der Waals surface area contributed by atoms with Gasteiger partial charge < -0.3 is 15.0 Å². The summed E-state index contributed by atoms with van der Waals surface area (Å²) < 4.78 is 18.3. The molecule has 0 fully saturated rings. The van der Waals surface area contributed by atoms with Crippen molar-refractivity contribution < 1.29 is 13.9 Å². The summed E-state index contributed by atoms with van der Waals surface area (Å²) in [6, 6.07) is 14.2.